The zero-order chi connectivity index (χ0) is 14.1. The van der Waals surface area contributed by atoms with Crippen LogP contribution in [0.3, 0.4) is 0 Å². The van der Waals surface area contributed by atoms with Gasteiger partial charge in [-0.2, -0.15) is 0 Å². The molecule has 2 aromatic carbocycles. The van der Waals surface area contributed by atoms with Gasteiger partial charge in [0.25, 0.3) is 0 Å². The Kier molecular flexibility index (Phi) is 3.31. The van der Waals surface area contributed by atoms with Crippen molar-refractivity contribution < 1.29 is 4.79 Å². The van der Waals surface area contributed by atoms with Crippen LogP contribution in [0.15, 0.2) is 54.6 Å². The first-order valence-electron chi connectivity index (χ1n) is 7.10. The van der Waals surface area contributed by atoms with Gasteiger partial charge in [-0.25, -0.2) is 0 Å². The number of benzene rings is 2. The van der Waals surface area contributed by atoms with Gasteiger partial charge < -0.3 is 4.90 Å². The van der Waals surface area contributed by atoms with E-state index in [0.29, 0.717) is 0 Å². The van der Waals surface area contributed by atoms with Crippen molar-refractivity contribution >= 4 is 6.41 Å². The van der Waals surface area contributed by atoms with Crippen molar-refractivity contribution in [1.29, 1.82) is 0 Å². The van der Waals surface area contributed by atoms with Crippen LogP contribution in [0.2, 0.25) is 0 Å². The second-order valence-electron chi connectivity index (χ2n) is 5.49. The fourth-order valence-electron chi connectivity index (χ4n) is 3.43. The predicted molar refractivity (Wildman–Crippen MR) is 80.5 cm³/mol. The van der Waals surface area contributed by atoms with E-state index in [1.54, 1.807) is 0 Å². The lowest BCUT2D eigenvalue weighted by Gasteiger charge is -2.43. The minimum absolute atomic E-state index is 0.138. The highest BCUT2D eigenvalue weighted by Crippen LogP contribution is 2.42. The predicted octanol–water partition coefficient (Wildman–Crippen LogP) is 3.74. The highest BCUT2D eigenvalue weighted by atomic mass is 16.1. The number of hydrogen-bond acceptors (Lipinski definition) is 1. The van der Waals surface area contributed by atoms with Gasteiger partial charge in [-0.15, -0.1) is 0 Å². The van der Waals surface area contributed by atoms with E-state index < -0.39 is 0 Å². The molecule has 2 nitrogen and oxygen atoms in total. The lowest BCUT2D eigenvalue weighted by atomic mass is 9.77. The first-order valence-corrected chi connectivity index (χ1v) is 7.10. The largest absolute Gasteiger partial charge is 0.335 e. The molecule has 0 aromatic heterocycles. The molecule has 0 bridgehead atoms. The number of hydrogen-bond donors (Lipinski definition) is 0. The number of carbonyl (C=O) groups is 1. The molecule has 20 heavy (non-hydrogen) atoms. The summed E-state index contributed by atoms with van der Waals surface area (Å²) in [6.07, 6.45) is 0.987. The van der Waals surface area contributed by atoms with Gasteiger partial charge in [-0.05, 0) is 30.5 Å². The van der Waals surface area contributed by atoms with Crippen LogP contribution in [0.25, 0.3) is 0 Å². The Morgan fingerprint density at radius 1 is 0.900 bits per heavy atom. The first kappa shape index (κ1) is 12.9. The highest BCUT2D eigenvalue weighted by Gasteiger charge is 2.36. The van der Waals surface area contributed by atoms with Crippen LogP contribution < -0.4 is 0 Å². The van der Waals surface area contributed by atoms with E-state index in [2.05, 4.69) is 62.4 Å². The van der Waals surface area contributed by atoms with E-state index in [1.165, 1.54) is 16.7 Å². The van der Waals surface area contributed by atoms with Crippen LogP contribution in [-0.2, 0) is 4.79 Å². The second-order valence-corrected chi connectivity index (χ2v) is 5.49. The highest BCUT2D eigenvalue weighted by molar-refractivity contribution is 5.54. The third kappa shape index (κ3) is 1.92. The Morgan fingerprint density at radius 3 is 2.15 bits per heavy atom. The maximum atomic E-state index is 11.5. The molecule has 0 unspecified atom stereocenters. The molecule has 2 heteroatoms. The minimum Gasteiger partial charge on any atom is -0.335 e. The lowest BCUT2D eigenvalue weighted by Crippen LogP contribution is -2.43. The van der Waals surface area contributed by atoms with Gasteiger partial charge >= 0.3 is 0 Å². The van der Waals surface area contributed by atoms with Crippen LogP contribution in [-0.4, -0.2) is 17.4 Å². The van der Waals surface area contributed by atoms with Crippen LogP contribution in [0.1, 0.15) is 42.5 Å². The molecule has 1 amide bonds. The molecule has 1 aliphatic heterocycles. The van der Waals surface area contributed by atoms with Crippen LogP contribution >= 0.6 is 0 Å². The summed E-state index contributed by atoms with van der Waals surface area (Å²) in [6, 6.07) is 19.2. The molecule has 1 heterocycles. The first-order chi connectivity index (χ1) is 9.74. The maximum absolute atomic E-state index is 11.5. The molecule has 0 fully saturated rings. The number of rotatable bonds is 2. The van der Waals surface area contributed by atoms with Gasteiger partial charge in [0.2, 0.25) is 6.41 Å². The van der Waals surface area contributed by atoms with Gasteiger partial charge in [-0.1, -0.05) is 54.6 Å². The number of amides is 1. The van der Waals surface area contributed by atoms with Crippen molar-refractivity contribution in [1.82, 2.24) is 4.90 Å². The minimum atomic E-state index is 0.138. The molecule has 0 saturated carbocycles. The van der Waals surface area contributed by atoms with Crippen molar-refractivity contribution in [3.63, 3.8) is 0 Å². The third-order valence-corrected chi connectivity index (χ3v) is 4.46. The van der Waals surface area contributed by atoms with Crippen molar-refractivity contribution in [2.45, 2.75) is 31.8 Å². The molecule has 1 aliphatic rings. The Hall–Kier alpha value is -2.09. The molecule has 0 N–H and O–H groups in total. The summed E-state index contributed by atoms with van der Waals surface area (Å²) in [6.45, 7) is 4.24. The Morgan fingerprint density at radius 2 is 1.50 bits per heavy atom. The van der Waals surface area contributed by atoms with E-state index >= 15 is 0 Å². The maximum Gasteiger partial charge on any atom is 0.210 e. The van der Waals surface area contributed by atoms with Crippen LogP contribution in [0.4, 0.5) is 0 Å². The molecule has 0 radical (unpaired) electrons. The third-order valence-electron chi connectivity index (χ3n) is 4.46. The fraction of sp³-hybridized carbons (Fsp3) is 0.278. The van der Waals surface area contributed by atoms with E-state index in [-0.39, 0.29) is 18.0 Å². The van der Waals surface area contributed by atoms with Crippen LogP contribution in [0, 0.1) is 0 Å². The van der Waals surface area contributed by atoms with Crippen molar-refractivity contribution in [2.75, 3.05) is 0 Å². The average molecular weight is 265 g/mol. The van der Waals surface area contributed by atoms with E-state index in [9.17, 15) is 4.79 Å². The quantitative estimate of drug-likeness (QED) is 0.757. The molecule has 102 valence electrons. The number of fused-ring (bicyclic) bond motifs is 1. The summed E-state index contributed by atoms with van der Waals surface area (Å²) >= 11 is 0. The Balaban J connectivity index is 2.17. The molecule has 3 rings (SSSR count). The number of nitrogens with zero attached hydrogens (tertiary/aromatic N) is 1. The van der Waals surface area contributed by atoms with Gasteiger partial charge in [0, 0.05) is 12.0 Å². The normalized spacial score (nSPS) is 25.1. The summed E-state index contributed by atoms with van der Waals surface area (Å²) in [4.78, 5) is 13.4. The Labute approximate surface area is 120 Å². The lowest BCUT2D eigenvalue weighted by molar-refractivity contribution is -0.123. The fourth-order valence-corrected chi connectivity index (χ4v) is 3.43. The zero-order valence-corrected chi connectivity index (χ0v) is 11.9. The molecule has 0 saturated heterocycles. The molecular weight excluding hydrogens is 246 g/mol. The molecule has 0 spiro atoms. The Bertz CT molecular complexity index is 608. The molecule has 0 aliphatic carbocycles. The van der Waals surface area contributed by atoms with Gasteiger partial charge in [0.1, 0.15) is 0 Å². The van der Waals surface area contributed by atoms with Crippen LogP contribution in [0.5, 0.6) is 0 Å². The van der Waals surface area contributed by atoms with Gasteiger partial charge in [-0.3, -0.25) is 4.79 Å². The molecule has 3 atom stereocenters. The van der Waals surface area contributed by atoms with Crippen molar-refractivity contribution in [3.05, 3.63) is 71.3 Å². The summed E-state index contributed by atoms with van der Waals surface area (Å²) < 4.78 is 0. The van der Waals surface area contributed by atoms with Gasteiger partial charge in [0.15, 0.2) is 0 Å². The summed E-state index contributed by atoms with van der Waals surface area (Å²) in [5.74, 6) is 0.244. The van der Waals surface area contributed by atoms with Crippen molar-refractivity contribution in [2.24, 2.45) is 0 Å². The standard InChI is InChI=1S/C18H19NO/c1-13-16-10-6-7-11-17(16)18(14(2)19(13)12-20)15-8-4-3-5-9-15/h3-14,18H,1-2H3/t13-,14-,18+/m0/s1. The zero-order valence-electron chi connectivity index (χ0n) is 11.9. The smallest absolute Gasteiger partial charge is 0.210 e. The topological polar surface area (TPSA) is 20.3 Å². The van der Waals surface area contributed by atoms with E-state index in [0.717, 1.165) is 6.41 Å². The van der Waals surface area contributed by atoms with Crippen molar-refractivity contribution in [3.8, 4) is 0 Å². The van der Waals surface area contributed by atoms with E-state index in [4.69, 9.17) is 0 Å². The summed E-state index contributed by atoms with van der Waals surface area (Å²) in [5.41, 5.74) is 3.87. The molecule has 2 aromatic rings. The molecular formula is C18H19NO. The SMILES string of the molecule is C[C@H]1c2ccccc2[C@@H](c2ccccc2)[C@H](C)N1C=O. The number of carbonyl (C=O) groups excluding carboxylic acids is 1. The van der Waals surface area contributed by atoms with Gasteiger partial charge in [0.05, 0.1) is 6.04 Å². The van der Waals surface area contributed by atoms with E-state index in [1.807, 2.05) is 11.0 Å². The second kappa shape index (κ2) is 5.12. The summed E-state index contributed by atoms with van der Waals surface area (Å²) in [7, 11) is 0. The monoisotopic (exact) mass is 265 g/mol. The average Bonchev–Trinajstić information content (AvgIpc) is 2.49. The summed E-state index contributed by atoms with van der Waals surface area (Å²) in [5, 5.41) is 0.